The fourth-order valence-corrected chi connectivity index (χ4v) is 2.45. The first-order valence-corrected chi connectivity index (χ1v) is 7.19. The maximum Gasteiger partial charge on any atom is 0.254 e. The minimum Gasteiger partial charge on any atom is -0.394 e. The van der Waals surface area contributed by atoms with Crippen LogP contribution in [-0.2, 0) is 0 Å². The van der Waals surface area contributed by atoms with Gasteiger partial charge in [-0.3, -0.25) is 4.79 Å². The monoisotopic (exact) mass is 302 g/mol. The standard InChI is InChI=1S/C16H22N4O2/c1-16(2,3)14(11-21)19(4)15(22)12-6-5-7-13(10-12)20-9-8-17-18-20/h5-10,14,21H,11H2,1-4H3/t14-/m0/s1. The molecule has 0 spiro atoms. The second-order valence-corrected chi connectivity index (χ2v) is 6.38. The Morgan fingerprint density at radius 3 is 2.68 bits per heavy atom. The number of likely N-dealkylation sites (N-methyl/N-ethyl adjacent to an activating group) is 1. The van der Waals surface area contributed by atoms with Crippen LogP contribution in [0.25, 0.3) is 5.69 Å². The molecule has 1 amide bonds. The predicted octanol–water partition coefficient (Wildman–Crippen LogP) is 1.75. The first-order valence-electron chi connectivity index (χ1n) is 7.19. The molecular formula is C16H22N4O2. The summed E-state index contributed by atoms with van der Waals surface area (Å²) in [6.45, 7) is 5.94. The van der Waals surface area contributed by atoms with Crippen LogP contribution in [-0.4, -0.2) is 50.6 Å². The van der Waals surface area contributed by atoms with Crippen LogP contribution in [0.15, 0.2) is 36.7 Å². The van der Waals surface area contributed by atoms with Gasteiger partial charge in [-0.05, 0) is 23.6 Å². The topological polar surface area (TPSA) is 71.2 Å². The minimum atomic E-state index is -0.255. The van der Waals surface area contributed by atoms with Crippen molar-refractivity contribution in [2.45, 2.75) is 26.8 Å². The number of amides is 1. The maximum atomic E-state index is 12.7. The molecule has 1 aromatic carbocycles. The summed E-state index contributed by atoms with van der Waals surface area (Å²) in [5.74, 6) is -0.129. The number of aliphatic hydroxyl groups is 1. The van der Waals surface area contributed by atoms with Gasteiger partial charge in [-0.1, -0.05) is 32.1 Å². The van der Waals surface area contributed by atoms with Crippen LogP contribution in [0.5, 0.6) is 0 Å². The molecule has 1 N–H and O–H groups in total. The first-order chi connectivity index (χ1) is 10.3. The molecule has 2 rings (SSSR count). The predicted molar refractivity (Wildman–Crippen MR) is 83.8 cm³/mol. The molecule has 0 aliphatic rings. The highest BCUT2D eigenvalue weighted by molar-refractivity contribution is 5.94. The van der Waals surface area contributed by atoms with Crippen molar-refractivity contribution in [3.63, 3.8) is 0 Å². The number of hydrogen-bond acceptors (Lipinski definition) is 4. The average molecular weight is 302 g/mol. The molecule has 6 heteroatoms. The Bertz CT molecular complexity index is 632. The van der Waals surface area contributed by atoms with E-state index in [1.807, 2.05) is 32.9 Å². The molecule has 0 aliphatic heterocycles. The van der Waals surface area contributed by atoms with E-state index in [-0.39, 0.29) is 24.0 Å². The fourth-order valence-electron chi connectivity index (χ4n) is 2.45. The highest BCUT2D eigenvalue weighted by Crippen LogP contribution is 2.24. The zero-order chi connectivity index (χ0) is 16.3. The van der Waals surface area contributed by atoms with Crippen LogP contribution in [0.2, 0.25) is 0 Å². The number of rotatable bonds is 4. The summed E-state index contributed by atoms with van der Waals surface area (Å²) in [5, 5.41) is 17.3. The highest BCUT2D eigenvalue weighted by atomic mass is 16.3. The lowest BCUT2D eigenvalue weighted by Gasteiger charge is -2.36. The molecule has 0 unspecified atom stereocenters. The SMILES string of the molecule is CN(C(=O)c1cccc(-n2ccnn2)c1)[C@@H](CO)C(C)(C)C. The molecule has 1 atom stereocenters. The smallest absolute Gasteiger partial charge is 0.254 e. The zero-order valence-electron chi connectivity index (χ0n) is 13.4. The van der Waals surface area contributed by atoms with Crippen molar-refractivity contribution in [2.24, 2.45) is 5.41 Å². The third-order valence-corrected chi connectivity index (χ3v) is 3.74. The Balaban J connectivity index is 2.28. The molecule has 6 nitrogen and oxygen atoms in total. The summed E-state index contributed by atoms with van der Waals surface area (Å²) in [6.07, 6.45) is 3.31. The first kappa shape index (κ1) is 16.2. The maximum absolute atomic E-state index is 12.7. The van der Waals surface area contributed by atoms with Gasteiger partial charge in [-0.15, -0.1) is 5.10 Å². The molecule has 1 aromatic heterocycles. The minimum absolute atomic E-state index is 0.0749. The van der Waals surface area contributed by atoms with E-state index in [2.05, 4.69) is 10.3 Å². The van der Waals surface area contributed by atoms with Gasteiger partial charge in [0.1, 0.15) is 0 Å². The van der Waals surface area contributed by atoms with Gasteiger partial charge in [-0.25, -0.2) is 4.68 Å². The van der Waals surface area contributed by atoms with Crippen LogP contribution < -0.4 is 0 Å². The van der Waals surface area contributed by atoms with Gasteiger partial charge in [0.2, 0.25) is 0 Å². The summed E-state index contributed by atoms with van der Waals surface area (Å²) in [7, 11) is 1.72. The van der Waals surface area contributed by atoms with E-state index in [9.17, 15) is 9.90 Å². The average Bonchev–Trinajstić information content (AvgIpc) is 3.00. The van der Waals surface area contributed by atoms with Crippen molar-refractivity contribution < 1.29 is 9.90 Å². The van der Waals surface area contributed by atoms with Crippen molar-refractivity contribution in [2.75, 3.05) is 13.7 Å². The van der Waals surface area contributed by atoms with Crippen molar-refractivity contribution in [3.8, 4) is 5.69 Å². The molecule has 2 aromatic rings. The number of carbonyl (C=O) groups is 1. The molecule has 1 heterocycles. The molecular weight excluding hydrogens is 280 g/mol. The van der Waals surface area contributed by atoms with E-state index < -0.39 is 0 Å². The Kier molecular flexibility index (Phi) is 4.61. The zero-order valence-corrected chi connectivity index (χ0v) is 13.4. The van der Waals surface area contributed by atoms with Crippen molar-refractivity contribution in [3.05, 3.63) is 42.2 Å². The summed E-state index contributed by atoms with van der Waals surface area (Å²) >= 11 is 0. The van der Waals surface area contributed by atoms with Gasteiger partial charge in [-0.2, -0.15) is 0 Å². The van der Waals surface area contributed by atoms with Crippen LogP contribution in [0.3, 0.4) is 0 Å². The van der Waals surface area contributed by atoms with Crippen LogP contribution in [0.1, 0.15) is 31.1 Å². The molecule has 0 fully saturated rings. The summed E-state index contributed by atoms with van der Waals surface area (Å²) < 4.78 is 1.60. The van der Waals surface area contributed by atoms with Gasteiger partial charge >= 0.3 is 0 Å². The summed E-state index contributed by atoms with van der Waals surface area (Å²) in [6, 6.07) is 6.94. The molecule has 0 saturated carbocycles. The van der Waals surface area contributed by atoms with Crippen LogP contribution >= 0.6 is 0 Å². The summed E-state index contributed by atoms with van der Waals surface area (Å²) in [4.78, 5) is 14.3. The van der Waals surface area contributed by atoms with E-state index in [1.54, 1.807) is 41.2 Å². The Morgan fingerprint density at radius 1 is 1.41 bits per heavy atom. The molecule has 0 aliphatic carbocycles. The lowest BCUT2D eigenvalue weighted by Crippen LogP contribution is -2.47. The van der Waals surface area contributed by atoms with Crippen LogP contribution in [0.4, 0.5) is 0 Å². The second kappa shape index (κ2) is 6.27. The highest BCUT2D eigenvalue weighted by Gasteiger charge is 2.31. The number of benzene rings is 1. The van der Waals surface area contributed by atoms with Gasteiger partial charge in [0, 0.05) is 12.6 Å². The molecule has 0 saturated heterocycles. The van der Waals surface area contributed by atoms with Crippen molar-refractivity contribution in [1.29, 1.82) is 0 Å². The van der Waals surface area contributed by atoms with E-state index in [4.69, 9.17) is 0 Å². The fraction of sp³-hybridized carbons (Fsp3) is 0.438. The van der Waals surface area contributed by atoms with Crippen molar-refractivity contribution >= 4 is 5.91 Å². The number of aliphatic hydroxyl groups excluding tert-OH is 1. The summed E-state index contributed by atoms with van der Waals surface area (Å²) in [5.41, 5.74) is 1.12. The Hall–Kier alpha value is -2.21. The molecule has 0 radical (unpaired) electrons. The van der Waals surface area contributed by atoms with Gasteiger partial charge < -0.3 is 10.0 Å². The third kappa shape index (κ3) is 3.33. The van der Waals surface area contributed by atoms with Gasteiger partial charge in [0.25, 0.3) is 5.91 Å². The normalized spacial score (nSPS) is 13.0. The second-order valence-electron chi connectivity index (χ2n) is 6.38. The van der Waals surface area contributed by atoms with Crippen LogP contribution in [0, 0.1) is 5.41 Å². The van der Waals surface area contributed by atoms with Gasteiger partial charge in [0.15, 0.2) is 0 Å². The number of nitrogens with zero attached hydrogens (tertiary/aromatic N) is 4. The lowest BCUT2D eigenvalue weighted by atomic mass is 9.86. The Labute approximate surface area is 130 Å². The molecule has 118 valence electrons. The number of hydrogen-bond donors (Lipinski definition) is 1. The van der Waals surface area contributed by atoms with Crippen molar-refractivity contribution in [1.82, 2.24) is 19.9 Å². The Morgan fingerprint density at radius 2 is 2.14 bits per heavy atom. The van der Waals surface area contributed by atoms with Gasteiger partial charge in [0.05, 0.1) is 30.7 Å². The van der Waals surface area contributed by atoms with E-state index >= 15 is 0 Å². The number of aromatic nitrogens is 3. The molecule has 0 bridgehead atoms. The third-order valence-electron chi connectivity index (χ3n) is 3.74. The van der Waals surface area contributed by atoms with E-state index in [0.29, 0.717) is 5.56 Å². The van der Waals surface area contributed by atoms with E-state index in [0.717, 1.165) is 5.69 Å². The lowest BCUT2D eigenvalue weighted by molar-refractivity contribution is 0.0433. The largest absolute Gasteiger partial charge is 0.394 e. The van der Waals surface area contributed by atoms with E-state index in [1.165, 1.54) is 0 Å². The number of carbonyl (C=O) groups excluding carboxylic acids is 1. The molecule has 22 heavy (non-hydrogen) atoms. The quantitative estimate of drug-likeness (QED) is 0.934.